The van der Waals surface area contributed by atoms with Crippen LogP contribution in [-0.2, 0) is 13.6 Å². The minimum Gasteiger partial charge on any atom is -0.333 e. The van der Waals surface area contributed by atoms with Gasteiger partial charge in [-0.3, -0.25) is 9.36 Å². The largest absolute Gasteiger partial charge is 0.358 e. The van der Waals surface area contributed by atoms with Gasteiger partial charge in [0.1, 0.15) is 0 Å². The lowest BCUT2D eigenvalue weighted by Crippen LogP contribution is -2.34. The first-order valence-corrected chi connectivity index (χ1v) is 7.97. The van der Waals surface area contributed by atoms with E-state index in [1.54, 1.807) is 44.2 Å². The maximum Gasteiger partial charge on any atom is 0.358 e. The van der Waals surface area contributed by atoms with Crippen LogP contribution in [0, 0.1) is 0 Å². The summed E-state index contributed by atoms with van der Waals surface area (Å²) in [5.74, 6) is -1.96. The molecule has 1 N–H and O–H groups in total. The van der Waals surface area contributed by atoms with Crippen molar-refractivity contribution < 1.29 is 18.4 Å². The van der Waals surface area contributed by atoms with Crippen molar-refractivity contribution >= 4 is 13.5 Å². The first-order valence-electron chi connectivity index (χ1n) is 6.36. The van der Waals surface area contributed by atoms with E-state index in [4.69, 9.17) is 14.6 Å². The SMILES string of the molecule is CCOP(=O)(OCC)C(N=[N+]=[N-])NC(=O)c1ccccc1. The average molecular weight is 312 g/mol. The summed E-state index contributed by atoms with van der Waals surface area (Å²) in [6, 6.07) is 8.28. The van der Waals surface area contributed by atoms with Gasteiger partial charge in [0.25, 0.3) is 5.91 Å². The van der Waals surface area contributed by atoms with Gasteiger partial charge in [-0.2, -0.15) is 0 Å². The highest BCUT2D eigenvalue weighted by Crippen LogP contribution is 2.52. The molecule has 0 aliphatic carbocycles. The number of hydrogen-bond acceptors (Lipinski definition) is 5. The topological polar surface area (TPSA) is 113 Å². The Hall–Kier alpha value is -1.85. The Morgan fingerprint density at radius 1 is 1.33 bits per heavy atom. The van der Waals surface area contributed by atoms with Crippen molar-refractivity contribution in [1.29, 1.82) is 0 Å². The molecule has 0 aliphatic rings. The van der Waals surface area contributed by atoms with Crippen LogP contribution in [0.25, 0.3) is 10.4 Å². The summed E-state index contributed by atoms with van der Waals surface area (Å²) in [6.07, 6.45) is 0. The normalized spacial score (nSPS) is 12.3. The Balaban J connectivity index is 2.98. The van der Waals surface area contributed by atoms with Crippen LogP contribution in [0.3, 0.4) is 0 Å². The smallest absolute Gasteiger partial charge is 0.333 e. The van der Waals surface area contributed by atoms with Gasteiger partial charge in [-0.15, -0.1) is 0 Å². The number of hydrogen-bond donors (Lipinski definition) is 1. The van der Waals surface area contributed by atoms with Gasteiger partial charge in [0.15, 0.2) is 0 Å². The third-order valence-electron chi connectivity index (χ3n) is 2.37. The second-order valence-corrected chi connectivity index (χ2v) is 5.88. The molecule has 0 fully saturated rings. The highest BCUT2D eigenvalue weighted by atomic mass is 31.2. The highest BCUT2D eigenvalue weighted by molar-refractivity contribution is 7.54. The second kappa shape index (κ2) is 8.44. The molecule has 0 aromatic heterocycles. The van der Waals surface area contributed by atoms with E-state index < -0.39 is 19.4 Å². The molecule has 9 heteroatoms. The average Bonchev–Trinajstić information content (AvgIpc) is 2.48. The zero-order valence-electron chi connectivity index (χ0n) is 11.8. The van der Waals surface area contributed by atoms with Crippen molar-refractivity contribution in [2.45, 2.75) is 19.8 Å². The van der Waals surface area contributed by atoms with Gasteiger partial charge < -0.3 is 14.4 Å². The maximum atomic E-state index is 12.5. The van der Waals surface area contributed by atoms with Crippen LogP contribution in [0.15, 0.2) is 35.4 Å². The van der Waals surface area contributed by atoms with Gasteiger partial charge >= 0.3 is 7.60 Å². The molecule has 1 rings (SSSR count). The Labute approximate surface area is 122 Å². The molecule has 1 aromatic carbocycles. The molecule has 1 atom stereocenters. The molecule has 8 nitrogen and oxygen atoms in total. The van der Waals surface area contributed by atoms with E-state index in [1.165, 1.54) is 0 Å². The summed E-state index contributed by atoms with van der Waals surface area (Å²) in [5.41, 5.74) is 8.94. The third kappa shape index (κ3) is 4.88. The molecule has 0 saturated carbocycles. The number of azide groups is 1. The molecular formula is C12H17N4O4P. The molecule has 21 heavy (non-hydrogen) atoms. The van der Waals surface area contributed by atoms with E-state index in [-0.39, 0.29) is 13.2 Å². The lowest BCUT2D eigenvalue weighted by atomic mass is 10.2. The number of carbonyl (C=O) groups excluding carboxylic acids is 1. The molecule has 0 radical (unpaired) electrons. The summed E-state index contributed by atoms with van der Waals surface area (Å²) in [6.45, 7) is 3.43. The number of benzene rings is 1. The second-order valence-electron chi connectivity index (χ2n) is 3.79. The van der Waals surface area contributed by atoms with Crippen LogP contribution in [0.1, 0.15) is 24.2 Å². The van der Waals surface area contributed by atoms with Crippen molar-refractivity contribution in [2.75, 3.05) is 13.2 Å². The van der Waals surface area contributed by atoms with Gasteiger partial charge in [-0.25, -0.2) is 0 Å². The van der Waals surface area contributed by atoms with E-state index in [9.17, 15) is 9.36 Å². The first-order chi connectivity index (χ1) is 10.1. The van der Waals surface area contributed by atoms with E-state index in [0.29, 0.717) is 5.56 Å². The lowest BCUT2D eigenvalue weighted by molar-refractivity contribution is 0.0938. The summed E-state index contributed by atoms with van der Waals surface area (Å²) in [5, 5.41) is 5.71. The lowest BCUT2D eigenvalue weighted by Gasteiger charge is -2.23. The van der Waals surface area contributed by atoms with Crippen molar-refractivity contribution in [3.63, 3.8) is 0 Å². The quantitative estimate of drug-likeness (QED) is 0.343. The molecule has 1 amide bonds. The number of nitrogens with one attached hydrogen (secondary N) is 1. The third-order valence-corrected chi connectivity index (χ3v) is 4.44. The molecular weight excluding hydrogens is 295 g/mol. The first kappa shape index (κ1) is 17.2. The van der Waals surface area contributed by atoms with E-state index in [0.717, 1.165) is 0 Å². The van der Waals surface area contributed by atoms with Crippen LogP contribution in [0.4, 0.5) is 0 Å². The molecule has 0 heterocycles. The maximum absolute atomic E-state index is 12.5. The van der Waals surface area contributed by atoms with Gasteiger partial charge in [0.2, 0.25) is 5.91 Å². The fraction of sp³-hybridized carbons (Fsp3) is 0.417. The van der Waals surface area contributed by atoms with Crippen LogP contribution in [0.2, 0.25) is 0 Å². The van der Waals surface area contributed by atoms with Crippen LogP contribution in [0.5, 0.6) is 0 Å². The molecule has 0 saturated heterocycles. The van der Waals surface area contributed by atoms with Crippen molar-refractivity contribution in [1.82, 2.24) is 5.32 Å². The van der Waals surface area contributed by atoms with E-state index in [1.807, 2.05) is 0 Å². The fourth-order valence-corrected chi connectivity index (χ4v) is 3.07. The Morgan fingerprint density at radius 2 is 1.90 bits per heavy atom. The van der Waals surface area contributed by atoms with Crippen molar-refractivity contribution in [2.24, 2.45) is 5.11 Å². The molecule has 0 aliphatic heterocycles. The van der Waals surface area contributed by atoms with E-state index >= 15 is 0 Å². The minimum atomic E-state index is -3.77. The molecule has 1 aromatic rings. The number of nitrogens with zero attached hydrogens (tertiary/aromatic N) is 3. The van der Waals surface area contributed by atoms with Gasteiger partial charge in [0, 0.05) is 10.5 Å². The Kier molecular flexibility index (Phi) is 6.91. The zero-order valence-corrected chi connectivity index (χ0v) is 12.7. The summed E-state index contributed by atoms with van der Waals surface area (Å²) in [4.78, 5) is 14.6. The Bertz CT molecular complexity index is 550. The summed E-state index contributed by atoms with van der Waals surface area (Å²) < 4.78 is 22.7. The van der Waals surface area contributed by atoms with Gasteiger partial charge in [-0.1, -0.05) is 23.3 Å². The van der Waals surface area contributed by atoms with Crippen LogP contribution >= 0.6 is 7.60 Å². The summed E-state index contributed by atoms with van der Waals surface area (Å²) in [7, 11) is -3.77. The predicted molar refractivity (Wildman–Crippen MR) is 77.7 cm³/mol. The highest BCUT2D eigenvalue weighted by Gasteiger charge is 2.36. The van der Waals surface area contributed by atoms with Gasteiger partial charge in [-0.05, 0) is 31.5 Å². The zero-order chi connectivity index (χ0) is 15.7. The number of amides is 1. The molecule has 0 bridgehead atoms. The Morgan fingerprint density at radius 3 is 2.38 bits per heavy atom. The minimum absolute atomic E-state index is 0.0932. The monoisotopic (exact) mass is 312 g/mol. The van der Waals surface area contributed by atoms with Gasteiger partial charge in [0.05, 0.1) is 13.2 Å². The van der Waals surface area contributed by atoms with Crippen LogP contribution < -0.4 is 5.32 Å². The molecule has 1 unspecified atom stereocenters. The van der Waals surface area contributed by atoms with E-state index in [2.05, 4.69) is 15.3 Å². The number of rotatable bonds is 8. The predicted octanol–water partition coefficient (Wildman–Crippen LogP) is 3.28. The van der Waals surface area contributed by atoms with Crippen molar-refractivity contribution in [3.8, 4) is 0 Å². The fourth-order valence-electron chi connectivity index (χ4n) is 1.55. The molecule has 114 valence electrons. The molecule has 0 spiro atoms. The van der Waals surface area contributed by atoms with Crippen LogP contribution in [-0.4, -0.2) is 25.0 Å². The van der Waals surface area contributed by atoms with Crippen molar-refractivity contribution in [3.05, 3.63) is 46.3 Å². The standard InChI is InChI=1S/C12H17N4O4P/c1-3-19-21(18,20-4-2)12(15-16-13)14-11(17)10-8-6-5-7-9-10/h5-9,12H,3-4H2,1-2H3,(H,14,17). The summed E-state index contributed by atoms with van der Waals surface area (Å²) >= 11 is 0. The number of carbonyl (C=O) groups is 1.